The Kier molecular flexibility index (Phi) is 35.1. The Labute approximate surface area is 362 Å². The number of unbranched alkanes of at least 4 members (excludes halogenated alkanes) is 16. The zero-order valence-electron chi connectivity index (χ0n) is 37.0. The molecule has 1 rings (SSSR count). The van der Waals surface area contributed by atoms with Crippen molar-refractivity contribution in [2.24, 2.45) is 0 Å². The smallest absolute Gasteiger partial charge is 0.457 e. The molecule has 1 aliphatic carbocycles. The van der Waals surface area contributed by atoms with Crippen LogP contribution in [0.1, 0.15) is 168 Å². The highest BCUT2D eigenvalue weighted by atomic mass is 31.2. The Morgan fingerprint density at radius 2 is 0.983 bits per heavy atom. The molecule has 0 amide bonds. The van der Waals surface area contributed by atoms with Crippen LogP contribution in [0.25, 0.3) is 0 Å². The number of hydrogen-bond acceptors (Lipinski definition) is 11. The van der Waals surface area contributed by atoms with Crippen molar-refractivity contribution in [3.8, 4) is 0 Å². The number of allylic oxidation sites excluding steroid dienone is 10. The molecule has 0 radical (unpaired) electrons. The summed E-state index contributed by atoms with van der Waals surface area (Å²) in [4.78, 5) is 23.1. The molecule has 13 heteroatoms. The Balaban J connectivity index is 2.40. The Bertz CT molecular complexity index is 1220. The van der Waals surface area contributed by atoms with Gasteiger partial charge in [-0.2, -0.15) is 0 Å². The van der Waals surface area contributed by atoms with E-state index in [2.05, 4.69) is 74.6 Å². The zero-order chi connectivity index (χ0) is 44.1. The standard InChI is InChI=1S/C47H83O12P/c1-3-5-7-9-11-13-15-17-18-19-20-21-22-23-24-25-26-28-30-32-34-36-41(48)58-40(38-56-37-35-33-31-29-27-16-14-12-10-8-6-4-2)39-57-60(54,55)59-47-45(52)43(50)42(49)44(51)46(47)53/h5,7,11,13,17-18,20-21,23-24,40,42-47,49-53H,3-4,6,8-10,12,14-16,19,22,25-39H2,1-2H3,(H,54,55)/b7-5-,13-11-,18-17-,21-20-,24-23-. The molecule has 60 heavy (non-hydrogen) atoms. The first-order valence-corrected chi connectivity index (χ1v) is 24.6. The van der Waals surface area contributed by atoms with Gasteiger partial charge in [-0.05, 0) is 57.8 Å². The van der Waals surface area contributed by atoms with E-state index in [0.29, 0.717) is 13.0 Å². The van der Waals surface area contributed by atoms with E-state index in [9.17, 15) is 39.8 Å². The number of ether oxygens (including phenoxy) is 2. The fourth-order valence-corrected chi connectivity index (χ4v) is 7.71. The highest BCUT2D eigenvalue weighted by Crippen LogP contribution is 2.47. The Morgan fingerprint density at radius 1 is 0.550 bits per heavy atom. The van der Waals surface area contributed by atoms with Gasteiger partial charge < -0.3 is 39.9 Å². The molecule has 0 aromatic carbocycles. The summed E-state index contributed by atoms with van der Waals surface area (Å²) in [5, 5.41) is 50.1. The summed E-state index contributed by atoms with van der Waals surface area (Å²) >= 11 is 0. The molecule has 1 fully saturated rings. The summed E-state index contributed by atoms with van der Waals surface area (Å²) in [6.07, 6.45) is 34.3. The van der Waals surface area contributed by atoms with Crippen LogP contribution < -0.4 is 0 Å². The topological polar surface area (TPSA) is 192 Å². The van der Waals surface area contributed by atoms with Crippen molar-refractivity contribution in [2.45, 2.75) is 211 Å². The van der Waals surface area contributed by atoms with Crippen molar-refractivity contribution in [3.63, 3.8) is 0 Å². The minimum Gasteiger partial charge on any atom is -0.457 e. The second kappa shape index (κ2) is 37.6. The van der Waals surface area contributed by atoms with Crippen molar-refractivity contribution in [3.05, 3.63) is 60.8 Å². The van der Waals surface area contributed by atoms with Crippen LogP contribution in [0.2, 0.25) is 0 Å². The Hall–Kier alpha value is -1.96. The quantitative estimate of drug-likeness (QED) is 0.0149. The van der Waals surface area contributed by atoms with Gasteiger partial charge in [0, 0.05) is 13.0 Å². The van der Waals surface area contributed by atoms with E-state index in [0.717, 1.165) is 83.5 Å². The van der Waals surface area contributed by atoms with Gasteiger partial charge in [0.25, 0.3) is 0 Å². The Morgan fingerprint density at radius 3 is 1.50 bits per heavy atom. The lowest BCUT2D eigenvalue weighted by molar-refractivity contribution is -0.220. The molecule has 12 nitrogen and oxygen atoms in total. The number of carbonyl (C=O) groups excluding carboxylic acids is 1. The monoisotopic (exact) mass is 871 g/mol. The third kappa shape index (κ3) is 29.4. The minimum atomic E-state index is -5.02. The summed E-state index contributed by atoms with van der Waals surface area (Å²) in [6.45, 7) is 4.11. The first kappa shape index (κ1) is 56.1. The number of phosphoric ester groups is 1. The molecule has 6 atom stereocenters. The lowest BCUT2D eigenvalue weighted by atomic mass is 9.85. The van der Waals surface area contributed by atoms with Crippen LogP contribution in [-0.4, -0.2) is 98.9 Å². The summed E-state index contributed by atoms with van der Waals surface area (Å²) in [5.41, 5.74) is 0. The lowest BCUT2D eigenvalue weighted by Crippen LogP contribution is -2.64. The molecular formula is C47H83O12P. The highest BCUT2D eigenvalue weighted by molar-refractivity contribution is 7.47. The van der Waals surface area contributed by atoms with Crippen LogP contribution in [-0.2, 0) is 27.9 Å². The van der Waals surface area contributed by atoms with Gasteiger partial charge in [-0.1, -0.05) is 164 Å². The number of phosphoric acid groups is 1. The third-order valence-electron chi connectivity index (χ3n) is 10.4. The van der Waals surface area contributed by atoms with Gasteiger partial charge in [-0.15, -0.1) is 0 Å². The predicted octanol–water partition coefficient (Wildman–Crippen LogP) is 9.42. The molecule has 0 aromatic heterocycles. The van der Waals surface area contributed by atoms with Crippen molar-refractivity contribution < 1.29 is 58.3 Å². The predicted molar refractivity (Wildman–Crippen MR) is 239 cm³/mol. The van der Waals surface area contributed by atoms with Crippen LogP contribution in [0.5, 0.6) is 0 Å². The third-order valence-corrected chi connectivity index (χ3v) is 11.4. The van der Waals surface area contributed by atoms with Gasteiger partial charge >= 0.3 is 13.8 Å². The molecule has 1 saturated carbocycles. The van der Waals surface area contributed by atoms with Gasteiger partial charge in [0.1, 0.15) is 42.7 Å². The molecular weight excluding hydrogens is 787 g/mol. The van der Waals surface area contributed by atoms with E-state index in [4.69, 9.17) is 18.5 Å². The van der Waals surface area contributed by atoms with E-state index in [1.165, 1.54) is 57.8 Å². The van der Waals surface area contributed by atoms with Gasteiger partial charge in [0.15, 0.2) is 0 Å². The van der Waals surface area contributed by atoms with Gasteiger partial charge in [-0.25, -0.2) is 4.57 Å². The molecule has 6 N–H and O–H groups in total. The van der Waals surface area contributed by atoms with Crippen LogP contribution in [0.4, 0.5) is 0 Å². The van der Waals surface area contributed by atoms with Gasteiger partial charge in [0.05, 0.1) is 13.2 Å². The van der Waals surface area contributed by atoms with E-state index in [1.54, 1.807) is 0 Å². The van der Waals surface area contributed by atoms with E-state index < -0.39 is 63.1 Å². The van der Waals surface area contributed by atoms with Crippen molar-refractivity contribution in [2.75, 3.05) is 19.8 Å². The maximum atomic E-state index is 12.8. The van der Waals surface area contributed by atoms with Crippen molar-refractivity contribution in [1.29, 1.82) is 0 Å². The molecule has 1 aliphatic rings. The van der Waals surface area contributed by atoms with E-state index >= 15 is 0 Å². The fourth-order valence-electron chi connectivity index (χ4n) is 6.73. The van der Waals surface area contributed by atoms with Crippen molar-refractivity contribution in [1.82, 2.24) is 0 Å². The average Bonchev–Trinajstić information content (AvgIpc) is 3.23. The number of esters is 1. The molecule has 0 bridgehead atoms. The van der Waals surface area contributed by atoms with Crippen molar-refractivity contribution >= 4 is 13.8 Å². The summed E-state index contributed by atoms with van der Waals surface area (Å²) < 4.78 is 34.1. The first-order valence-electron chi connectivity index (χ1n) is 23.1. The first-order chi connectivity index (χ1) is 29.0. The molecule has 0 saturated heterocycles. The molecule has 0 aliphatic heterocycles. The second-order valence-electron chi connectivity index (χ2n) is 15.9. The highest BCUT2D eigenvalue weighted by Gasteiger charge is 2.51. The van der Waals surface area contributed by atoms with Gasteiger partial charge in [0.2, 0.25) is 0 Å². The van der Waals surface area contributed by atoms with Crippen LogP contribution in [0, 0.1) is 0 Å². The summed E-state index contributed by atoms with van der Waals surface area (Å²) in [7, 11) is -5.02. The summed E-state index contributed by atoms with van der Waals surface area (Å²) in [5.74, 6) is -0.497. The maximum absolute atomic E-state index is 12.8. The number of aliphatic hydroxyl groups is 5. The summed E-state index contributed by atoms with van der Waals surface area (Å²) in [6, 6.07) is 0. The zero-order valence-corrected chi connectivity index (χ0v) is 37.9. The number of hydrogen-bond donors (Lipinski definition) is 6. The average molecular weight is 871 g/mol. The maximum Gasteiger partial charge on any atom is 0.472 e. The number of carbonyl (C=O) groups is 1. The largest absolute Gasteiger partial charge is 0.472 e. The fraction of sp³-hybridized carbons (Fsp3) is 0.766. The van der Waals surface area contributed by atoms with E-state index in [-0.39, 0.29) is 13.0 Å². The van der Waals surface area contributed by atoms with Crippen LogP contribution >= 0.6 is 7.82 Å². The van der Waals surface area contributed by atoms with Gasteiger partial charge in [-0.3, -0.25) is 13.8 Å². The second-order valence-corrected chi connectivity index (χ2v) is 17.3. The SMILES string of the molecule is CC/C=C\C/C=C\C/C=C\C/C=C\C/C=C\CCCCCCCC(=O)OC(COCCCCCCCCCCCCCC)COP(=O)(O)OC1C(O)C(O)C(O)C(O)C1O. The number of aliphatic hydroxyl groups excluding tert-OH is 5. The number of rotatable bonds is 38. The lowest BCUT2D eigenvalue weighted by Gasteiger charge is -2.41. The molecule has 0 spiro atoms. The molecule has 348 valence electrons. The molecule has 0 heterocycles. The normalized spacial score (nSPS) is 22.9. The van der Waals surface area contributed by atoms with Crippen LogP contribution in [0.15, 0.2) is 60.8 Å². The molecule has 6 unspecified atom stereocenters. The van der Waals surface area contributed by atoms with E-state index in [1.807, 2.05) is 0 Å². The van der Waals surface area contributed by atoms with Crippen LogP contribution in [0.3, 0.4) is 0 Å². The minimum absolute atomic E-state index is 0.0854. The molecule has 0 aromatic rings.